The highest BCUT2D eigenvalue weighted by molar-refractivity contribution is 7.65. The van der Waals surface area contributed by atoms with Gasteiger partial charge in [0, 0.05) is 5.30 Å². The van der Waals surface area contributed by atoms with Gasteiger partial charge < -0.3 is 24.8 Å². The van der Waals surface area contributed by atoms with Crippen molar-refractivity contribution in [3.63, 3.8) is 0 Å². The SMILES string of the molecule is O=P(O)(COc1ccc(CCNCCCOc2ccc(O)cc2)cc1)c1ccccc1. The van der Waals surface area contributed by atoms with Gasteiger partial charge in [-0.15, -0.1) is 0 Å². The summed E-state index contributed by atoms with van der Waals surface area (Å²) < 4.78 is 23.6. The Balaban J connectivity index is 1.30. The van der Waals surface area contributed by atoms with Crippen LogP contribution in [0.15, 0.2) is 78.9 Å². The standard InChI is InChI=1S/C24H28NO5P/c26-21-9-13-22(14-10-21)29-18-4-16-25-17-15-20-7-11-23(12-8-20)30-19-31(27,28)24-5-2-1-3-6-24/h1-3,5-14,25-26H,4,15-19H2,(H,27,28). The Hall–Kier alpha value is -2.79. The van der Waals surface area contributed by atoms with Crippen LogP contribution in [-0.2, 0) is 11.0 Å². The van der Waals surface area contributed by atoms with E-state index in [1.165, 1.54) is 0 Å². The summed E-state index contributed by atoms with van der Waals surface area (Å²) in [6.45, 7) is 2.31. The first-order valence-corrected chi connectivity index (χ1v) is 12.1. The molecule has 3 aromatic rings. The van der Waals surface area contributed by atoms with E-state index in [0.29, 0.717) is 17.7 Å². The largest absolute Gasteiger partial charge is 0.508 e. The summed E-state index contributed by atoms with van der Waals surface area (Å²) in [5, 5.41) is 13.0. The Kier molecular flexibility index (Phi) is 8.53. The van der Waals surface area contributed by atoms with Gasteiger partial charge in [-0.3, -0.25) is 4.57 Å². The van der Waals surface area contributed by atoms with Crippen molar-refractivity contribution in [1.82, 2.24) is 5.32 Å². The molecule has 0 heterocycles. The van der Waals surface area contributed by atoms with Gasteiger partial charge in [0.2, 0.25) is 0 Å². The molecule has 0 radical (unpaired) electrons. The number of phenols is 1. The van der Waals surface area contributed by atoms with Crippen LogP contribution < -0.4 is 20.1 Å². The molecule has 0 spiro atoms. The van der Waals surface area contributed by atoms with E-state index in [2.05, 4.69) is 5.32 Å². The summed E-state index contributed by atoms with van der Waals surface area (Å²) in [7, 11) is -3.53. The van der Waals surface area contributed by atoms with E-state index in [-0.39, 0.29) is 12.1 Å². The minimum Gasteiger partial charge on any atom is -0.508 e. The van der Waals surface area contributed by atoms with Gasteiger partial charge >= 0.3 is 0 Å². The van der Waals surface area contributed by atoms with E-state index < -0.39 is 7.37 Å². The van der Waals surface area contributed by atoms with Gasteiger partial charge in [-0.25, -0.2) is 0 Å². The van der Waals surface area contributed by atoms with Crippen LogP contribution in [0.25, 0.3) is 0 Å². The molecular formula is C24H28NO5P. The predicted octanol–water partition coefficient (Wildman–Crippen LogP) is 3.93. The van der Waals surface area contributed by atoms with Crippen LogP contribution in [0.3, 0.4) is 0 Å². The van der Waals surface area contributed by atoms with Crippen LogP contribution in [-0.4, -0.2) is 36.0 Å². The van der Waals surface area contributed by atoms with Gasteiger partial charge in [0.25, 0.3) is 7.37 Å². The highest BCUT2D eigenvalue weighted by atomic mass is 31.2. The fourth-order valence-corrected chi connectivity index (χ4v) is 4.05. The molecule has 0 aliphatic rings. The zero-order valence-corrected chi connectivity index (χ0v) is 18.2. The fraction of sp³-hybridized carbons (Fsp3) is 0.250. The molecule has 0 aliphatic carbocycles. The van der Waals surface area contributed by atoms with Gasteiger partial charge in [-0.1, -0.05) is 30.3 Å². The minimum absolute atomic E-state index is 0.231. The van der Waals surface area contributed by atoms with E-state index in [4.69, 9.17) is 9.47 Å². The molecule has 0 fully saturated rings. The fourth-order valence-electron chi connectivity index (χ4n) is 2.94. The predicted molar refractivity (Wildman–Crippen MR) is 123 cm³/mol. The molecule has 164 valence electrons. The van der Waals surface area contributed by atoms with Crippen molar-refractivity contribution in [1.29, 1.82) is 0 Å². The van der Waals surface area contributed by atoms with Crippen LogP contribution >= 0.6 is 7.37 Å². The normalized spacial score (nSPS) is 12.8. The number of ether oxygens (including phenoxy) is 2. The van der Waals surface area contributed by atoms with Crippen molar-refractivity contribution < 1.29 is 24.0 Å². The Bertz CT molecular complexity index is 962. The van der Waals surface area contributed by atoms with Crippen molar-refractivity contribution in [3.05, 3.63) is 84.4 Å². The minimum atomic E-state index is -3.53. The first-order valence-electron chi connectivity index (χ1n) is 10.2. The van der Waals surface area contributed by atoms with Crippen molar-refractivity contribution in [3.8, 4) is 17.2 Å². The molecule has 0 amide bonds. The molecule has 6 nitrogen and oxygen atoms in total. The van der Waals surface area contributed by atoms with Crippen molar-refractivity contribution in [2.75, 3.05) is 26.0 Å². The average Bonchev–Trinajstić information content (AvgIpc) is 2.80. The second-order valence-electron chi connectivity index (χ2n) is 7.15. The van der Waals surface area contributed by atoms with Crippen LogP contribution in [0, 0.1) is 0 Å². The monoisotopic (exact) mass is 441 g/mol. The molecule has 0 saturated heterocycles. The van der Waals surface area contributed by atoms with Crippen LogP contribution in [0.1, 0.15) is 12.0 Å². The molecule has 3 N–H and O–H groups in total. The van der Waals surface area contributed by atoms with Crippen molar-refractivity contribution >= 4 is 12.7 Å². The number of hydrogen-bond acceptors (Lipinski definition) is 5. The molecule has 3 aromatic carbocycles. The molecule has 1 unspecified atom stereocenters. The molecule has 0 bridgehead atoms. The molecule has 0 saturated carbocycles. The third kappa shape index (κ3) is 7.76. The topological polar surface area (TPSA) is 88.0 Å². The van der Waals surface area contributed by atoms with E-state index in [1.54, 1.807) is 48.5 Å². The third-order valence-electron chi connectivity index (χ3n) is 4.68. The van der Waals surface area contributed by atoms with Gasteiger partial charge in [-0.2, -0.15) is 0 Å². The third-order valence-corrected chi connectivity index (χ3v) is 6.27. The van der Waals surface area contributed by atoms with Crippen LogP contribution in [0.5, 0.6) is 17.2 Å². The number of nitrogens with one attached hydrogen (secondary N) is 1. The Morgan fingerprint density at radius 2 is 1.45 bits per heavy atom. The van der Waals surface area contributed by atoms with Crippen LogP contribution in [0.4, 0.5) is 0 Å². The maximum atomic E-state index is 12.4. The summed E-state index contributed by atoms with van der Waals surface area (Å²) in [5.41, 5.74) is 1.16. The highest BCUT2D eigenvalue weighted by Crippen LogP contribution is 2.39. The summed E-state index contributed by atoms with van der Waals surface area (Å²) >= 11 is 0. The maximum Gasteiger partial charge on any atom is 0.265 e. The number of phenolic OH excluding ortho intramolecular Hbond substituents is 1. The maximum absolute atomic E-state index is 12.4. The lowest BCUT2D eigenvalue weighted by molar-refractivity contribution is 0.308. The first-order chi connectivity index (χ1) is 15.0. The zero-order valence-electron chi connectivity index (χ0n) is 17.3. The van der Waals surface area contributed by atoms with Crippen molar-refractivity contribution in [2.24, 2.45) is 0 Å². The average molecular weight is 441 g/mol. The summed E-state index contributed by atoms with van der Waals surface area (Å²) in [6, 6.07) is 22.9. The number of hydrogen-bond donors (Lipinski definition) is 3. The van der Waals surface area contributed by atoms with E-state index in [9.17, 15) is 14.6 Å². The molecule has 1 atom stereocenters. The van der Waals surface area contributed by atoms with Crippen LogP contribution in [0.2, 0.25) is 0 Å². The number of aromatic hydroxyl groups is 1. The highest BCUT2D eigenvalue weighted by Gasteiger charge is 2.21. The van der Waals surface area contributed by atoms with E-state index >= 15 is 0 Å². The zero-order chi connectivity index (χ0) is 21.9. The molecule has 31 heavy (non-hydrogen) atoms. The Labute approximate surface area is 182 Å². The van der Waals surface area contributed by atoms with Crippen molar-refractivity contribution in [2.45, 2.75) is 12.8 Å². The molecule has 0 aromatic heterocycles. The molecule has 0 aliphatic heterocycles. The van der Waals surface area contributed by atoms with Gasteiger partial charge in [0.1, 0.15) is 17.2 Å². The second-order valence-corrected chi connectivity index (χ2v) is 9.33. The smallest absolute Gasteiger partial charge is 0.265 e. The lowest BCUT2D eigenvalue weighted by Crippen LogP contribution is -2.20. The summed E-state index contributed by atoms with van der Waals surface area (Å²) in [5.74, 6) is 1.56. The lowest BCUT2D eigenvalue weighted by atomic mass is 10.1. The van der Waals surface area contributed by atoms with Gasteiger partial charge in [-0.05, 0) is 80.0 Å². The first kappa shape index (κ1) is 22.9. The number of benzene rings is 3. The number of rotatable bonds is 12. The molecular weight excluding hydrogens is 413 g/mol. The Morgan fingerprint density at radius 1 is 0.806 bits per heavy atom. The summed E-state index contributed by atoms with van der Waals surface area (Å²) in [6.07, 6.45) is 1.52. The van der Waals surface area contributed by atoms with E-state index in [0.717, 1.165) is 37.2 Å². The Morgan fingerprint density at radius 3 is 2.16 bits per heavy atom. The van der Waals surface area contributed by atoms with E-state index in [1.807, 2.05) is 30.3 Å². The summed E-state index contributed by atoms with van der Waals surface area (Å²) in [4.78, 5) is 10.2. The second kappa shape index (κ2) is 11.6. The molecule has 7 heteroatoms. The lowest BCUT2D eigenvalue weighted by Gasteiger charge is -2.13. The quantitative estimate of drug-likeness (QED) is 0.292. The van der Waals surface area contributed by atoms with Gasteiger partial charge in [0.05, 0.1) is 6.61 Å². The van der Waals surface area contributed by atoms with Gasteiger partial charge in [0.15, 0.2) is 6.35 Å². The molecule has 3 rings (SSSR count).